The number of para-hydroxylation sites is 1. The molecule has 1 heterocycles. The summed E-state index contributed by atoms with van der Waals surface area (Å²) in [5.74, 6) is 1.54. The lowest BCUT2D eigenvalue weighted by atomic mass is 9.97. The number of hydrogen-bond donors (Lipinski definition) is 1. The van der Waals surface area contributed by atoms with E-state index < -0.39 is 0 Å². The molecule has 0 aliphatic carbocycles. The van der Waals surface area contributed by atoms with E-state index in [4.69, 9.17) is 10.2 Å². The number of hydrogen-bond acceptors (Lipinski definition) is 3. The van der Waals surface area contributed by atoms with E-state index in [9.17, 15) is 0 Å². The van der Waals surface area contributed by atoms with Crippen molar-refractivity contribution in [3.05, 3.63) is 29.7 Å². The molecular weight excluding hydrogens is 224 g/mol. The van der Waals surface area contributed by atoms with E-state index in [-0.39, 0.29) is 0 Å². The third-order valence-corrected chi connectivity index (χ3v) is 3.57. The topological polar surface area (TPSA) is 52.0 Å². The highest BCUT2D eigenvalue weighted by atomic mass is 16.3. The maximum absolute atomic E-state index is 5.83. The van der Waals surface area contributed by atoms with Crippen molar-refractivity contribution in [1.82, 2.24) is 4.98 Å². The summed E-state index contributed by atoms with van der Waals surface area (Å²) in [5.41, 5.74) is 8.67. The monoisotopic (exact) mass is 246 g/mol. The van der Waals surface area contributed by atoms with Crippen molar-refractivity contribution in [3.8, 4) is 0 Å². The Bertz CT molecular complexity index is 504. The van der Waals surface area contributed by atoms with Gasteiger partial charge >= 0.3 is 0 Å². The van der Waals surface area contributed by atoms with Gasteiger partial charge in [0.2, 0.25) is 0 Å². The number of fused-ring (bicyclic) bond motifs is 1. The summed E-state index contributed by atoms with van der Waals surface area (Å²) in [7, 11) is 0. The Balaban J connectivity index is 2.06. The number of nitrogens with two attached hydrogens (primary N) is 1. The average Bonchev–Trinajstić information content (AvgIpc) is 2.79. The van der Waals surface area contributed by atoms with Gasteiger partial charge in [0.25, 0.3) is 0 Å². The van der Waals surface area contributed by atoms with Crippen molar-refractivity contribution in [2.45, 2.75) is 39.5 Å². The summed E-state index contributed by atoms with van der Waals surface area (Å²) in [6.07, 6.45) is 4.29. The second-order valence-corrected chi connectivity index (χ2v) is 4.92. The first kappa shape index (κ1) is 13.1. The molecule has 2 aromatic rings. The van der Waals surface area contributed by atoms with Crippen LogP contribution in [0.1, 0.15) is 37.6 Å². The fraction of sp³-hybridized carbons (Fsp3) is 0.533. The van der Waals surface area contributed by atoms with Crippen LogP contribution in [-0.2, 0) is 6.42 Å². The van der Waals surface area contributed by atoms with Crippen LogP contribution in [0.25, 0.3) is 11.1 Å². The van der Waals surface area contributed by atoms with E-state index in [0.29, 0.717) is 5.92 Å². The van der Waals surface area contributed by atoms with Crippen molar-refractivity contribution in [2.24, 2.45) is 11.7 Å². The van der Waals surface area contributed by atoms with Crippen LogP contribution in [0.5, 0.6) is 0 Å². The second-order valence-electron chi connectivity index (χ2n) is 4.92. The fourth-order valence-electron chi connectivity index (χ4n) is 2.36. The van der Waals surface area contributed by atoms with E-state index in [2.05, 4.69) is 24.9 Å². The zero-order valence-corrected chi connectivity index (χ0v) is 11.3. The summed E-state index contributed by atoms with van der Waals surface area (Å²) in [6.45, 7) is 5.04. The lowest BCUT2D eigenvalue weighted by Gasteiger charge is -2.11. The summed E-state index contributed by atoms with van der Waals surface area (Å²) >= 11 is 0. The number of rotatable bonds is 6. The van der Waals surface area contributed by atoms with E-state index in [1.165, 1.54) is 6.42 Å². The van der Waals surface area contributed by atoms with Crippen LogP contribution in [0.4, 0.5) is 0 Å². The quantitative estimate of drug-likeness (QED) is 0.849. The Kier molecular flexibility index (Phi) is 4.37. The highest BCUT2D eigenvalue weighted by Crippen LogP contribution is 2.22. The van der Waals surface area contributed by atoms with Crippen LogP contribution in [0.3, 0.4) is 0 Å². The molecule has 1 aromatic carbocycles. The lowest BCUT2D eigenvalue weighted by molar-refractivity contribution is 0.414. The molecule has 0 bridgehead atoms. The third kappa shape index (κ3) is 2.91. The Labute approximate surface area is 108 Å². The van der Waals surface area contributed by atoms with Crippen molar-refractivity contribution >= 4 is 11.1 Å². The summed E-state index contributed by atoms with van der Waals surface area (Å²) in [6, 6.07) is 6.08. The number of oxazole rings is 1. The van der Waals surface area contributed by atoms with Gasteiger partial charge in [-0.3, -0.25) is 0 Å². The smallest absolute Gasteiger partial charge is 0.195 e. The second kappa shape index (κ2) is 6.01. The predicted molar refractivity (Wildman–Crippen MR) is 74.5 cm³/mol. The van der Waals surface area contributed by atoms with E-state index >= 15 is 0 Å². The molecule has 2 N–H and O–H groups in total. The zero-order valence-electron chi connectivity index (χ0n) is 11.3. The van der Waals surface area contributed by atoms with E-state index in [0.717, 1.165) is 48.4 Å². The molecule has 2 rings (SSSR count). The highest BCUT2D eigenvalue weighted by Gasteiger charge is 2.10. The average molecular weight is 246 g/mol. The molecular formula is C15H22N2O. The number of aromatic nitrogens is 1. The van der Waals surface area contributed by atoms with Crippen molar-refractivity contribution in [1.29, 1.82) is 0 Å². The number of benzene rings is 1. The van der Waals surface area contributed by atoms with Gasteiger partial charge in [-0.25, -0.2) is 4.98 Å². The van der Waals surface area contributed by atoms with Gasteiger partial charge < -0.3 is 10.2 Å². The SMILES string of the molecule is CCC(CCN)CCc1nc2cccc(C)c2o1. The molecule has 0 fully saturated rings. The van der Waals surface area contributed by atoms with Crippen LogP contribution in [0.15, 0.2) is 22.6 Å². The number of aryl methyl sites for hydroxylation is 2. The van der Waals surface area contributed by atoms with E-state index in [1.54, 1.807) is 0 Å². The Morgan fingerprint density at radius 2 is 2.17 bits per heavy atom. The highest BCUT2D eigenvalue weighted by molar-refractivity contribution is 5.75. The standard InChI is InChI=1S/C15H22N2O/c1-3-12(9-10-16)7-8-14-17-13-6-4-5-11(2)15(13)18-14/h4-6,12H,3,7-10,16H2,1-2H3. The summed E-state index contributed by atoms with van der Waals surface area (Å²) in [5, 5.41) is 0. The van der Waals surface area contributed by atoms with Crippen LogP contribution in [0.2, 0.25) is 0 Å². The van der Waals surface area contributed by atoms with Gasteiger partial charge in [0.1, 0.15) is 5.52 Å². The largest absolute Gasteiger partial charge is 0.440 e. The molecule has 0 saturated carbocycles. The molecule has 1 atom stereocenters. The molecule has 3 heteroatoms. The molecule has 3 nitrogen and oxygen atoms in total. The maximum atomic E-state index is 5.83. The van der Waals surface area contributed by atoms with E-state index in [1.807, 2.05) is 12.1 Å². The minimum atomic E-state index is 0.686. The minimum Gasteiger partial charge on any atom is -0.440 e. The molecule has 18 heavy (non-hydrogen) atoms. The Morgan fingerprint density at radius 1 is 1.33 bits per heavy atom. The first-order valence-electron chi connectivity index (χ1n) is 6.79. The Hall–Kier alpha value is -1.35. The fourth-order valence-corrected chi connectivity index (χ4v) is 2.36. The zero-order chi connectivity index (χ0) is 13.0. The first-order chi connectivity index (χ1) is 8.74. The van der Waals surface area contributed by atoms with Gasteiger partial charge in [-0.05, 0) is 43.9 Å². The van der Waals surface area contributed by atoms with Crippen molar-refractivity contribution < 1.29 is 4.42 Å². The van der Waals surface area contributed by atoms with Gasteiger partial charge in [-0.15, -0.1) is 0 Å². The van der Waals surface area contributed by atoms with Gasteiger partial charge in [0.05, 0.1) is 0 Å². The van der Waals surface area contributed by atoms with Crippen LogP contribution >= 0.6 is 0 Å². The van der Waals surface area contributed by atoms with Crippen molar-refractivity contribution in [3.63, 3.8) is 0 Å². The van der Waals surface area contributed by atoms with Crippen LogP contribution in [0, 0.1) is 12.8 Å². The Morgan fingerprint density at radius 3 is 2.83 bits per heavy atom. The first-order valence-corrected chi connectivity index (χ1v) is 6.79. The van der Waals surface area contributed by atoms with Gasteiger partial charge in [0, 0.05) is 6.42 Å². The normalized spacial score (nSPS) is 13.1. The minimum absolute atomic E-state index is 0.686. The van der Waals surface area contributed by atoms with Gasteiger partial charge in [-0.2, -0.15) is 0 Å². The molecule has 1 unspecified atom stereocenters. The summed E-state index contributed by atoms with van der Waals surface area (Å²) in [4.78, 5) is 4.54. The van der Waals surface area contributed by atoms with Crippen LogP contribution < -0.4 is 5.73 Å². The molecule has 98 valence electrons. The van der Waals surface area contributed by atoms with Crippen LogP contribution in [-0.4, -0.2) is 11.5 Å². The molecule has 0 radical (unpaired) electrons. The van der Waals surface area contributed by atoms with Gasteiger partial charge in [-0.1, -0.05) is 25.5 Å². The lowest BCUT2D eigenvalue weighted by Crippen LogP contribution is -2.09. The summed E-state index contributed by atoms with van der Waals surface area (Å²) < 4.78 is 5.83. The molecule has 0 aliphatic rings. The molecule has 1 aromatic heterocycles. The van der Waals surface area contributed by atoms with Gasteiger partial charge in [0.15, 0.2) is 11.5 Å². The molecule has 0 amide bonds. The van der Waals surface area contributed by atoms with Crippen molar-refractivity contribution in [2.75, 3.05) is 6.54 Å². The molecule has 0 spiro atoms. The molecule has 0 saturated heterocycles. The number of nitrogens with zero attached hydrogens (tertiary/aromatic N) is 1. The molecule has 0 aliphatic heterocycles. The predicted octanol–water partition coefficient (Wildman–Crippen LogP) is 3.44. The maximum Gasteiger partial charge on any atom is 0.195 e. The third-order valence-electron chi connectivity index (χ3n) is 3.57.